The summed E-state index contributed by atoms with van der Waals surface area (Å²) < 4.78 is 47.8. The second-order valence-electron chi connectivity index (χ2n) is 6.23. The van der Waals surface area contributed by atoms with Gasteiger partial charge in [-0.1, -0.05) is 23.2 Å². The first kappa shape index (κ1) is 20.3. The highest BCUT2D eigenvalue weighted by molar-refractivity contribution is 6.36. The molecule has 0 radical (unpaired) electrons. The van der Waals surface area contributed by atoms with Crippen molar-refractivity contribution >= 4 is 35.0 Å². The molecule has 1 aliphatic rings. The Labute approximate surface area is 167 Å². The van der Waals surface area contributed by atoms with Crippen LogP contribution in [0.2, 0.25) is 10.0 Å². The zero-order chi connectivity index (χ0) is 20.7. The first-order valence-electron chi connectivity index (χ1n) is 7.89. The molecule has 6 nitrogen and oxygen atoms in total. The Morgan fingerprint density at radius 3 is 2.75 bits per heavy atom. The normalized spacial score (nSPS) is 21.0. The van der Waals surface area contributed by atoms with Crippen LogP contribution in [0.1, 0.15) is 28.8 Å². The van der Waals surface area contributed by atoms with Crippen LogP contribution in [0.25, 0.3) is 0 Å². The number of carbonyl (C=O) groups excluding carboxylic acids is 1. The molecular formula is C17H13Cl2F3N4O2. The van der Waals surface area contributed by atoms with Crippen LogP contribution < -0.4 is 5.73 Å². The van der Waals surface area contributed by atoms with Gasteiger partial charge < -0.3 is 10.5 Å². The van der Waals surface area contributed by atoms with Gasteiger partial charge >= 0.3 is 5.92 Å². The van der Waals surface area contributed by atoms with E-state index >= 15 is 0 Å². The largest absolute Gasteiger partial charge is 0.459 e. The van der Waals surface area contributed by atoms with E-state index < -0.39 is 41.4 Å². The molecule has 0 amide bonds. The van der Waals surface area contributed by atoms with Crippen molar-refractivity contribution in [3.8, 4) is 0 Å². The molecule has 0 saturated carbocycles. The van der Waals surface area contributed by atoms with Crippen molar-refractivity contribution in [1.29, 1.82) is 0 Å². The Morgan fingerprint density at radius 1 is 1.36 bits per heavy atom. The molecule has 148 valence electrons. The highest BCUT2D eigenvalue weighted by Gasteiger charge is 2.57. The summed E-state index contributed by atoms with van der Waals surface area (Å²) in [5.41, 5.74) is 2.32. The van der Waals surface area contributed by atoms with Gasteiger partial charge in [0.2, 0.25) is 0 Å². The molecule has 1 atom stereocenters. The number of ether oxygens (including phenoxy) is 1. The molecule has 2 N–H and O–H groups in total. The van der Waals surface area contributed by atoms with Crippen molar-refractivity contribution in [2.45, 2.75) is 24.8 Å². The number of aromatic nitrogens is 2. The minimum Gasteiger partial charge on any atom is -0.459 e. The second kappa shape index (κ2) is 7.21. The maximum Gasteiger partial charge on any atom is 0.311 e. The summed E-state index contributed by atoms with van der Waals surface area (Å²) in [4.78, 5) is 23.8. The molecule has 28 heavy (non-hydrogen) atoms. The van der Waals surface area contributed by atoms with E-state index in [1.807, 2.05) is 0 Å². The van der Waals surface area contributed by atoms with Crippen LogP contribution in [0.3, 0.4) is 0 Å². The van der Waals surface area contributed by atoms with Gasteiger partial charge in [-0.15, -0.1) is 0 Å². The molecule has 0 aliphatic carbocycles. The minimum absolute atomic E-state index is 0.0279. The van der Waals surface area contributed by atoms with E-state index in [1.165, 1.54) is 18.3 Å². The first-order valence-corrected chi connectivity index (χ1v) is 8.65. The smallest absolute Gasteiger partial charge is 0.311 e. The number of hydrogen-bond acceptors (Lipinski definition) is 6. The molecule has 0 spiro atoms. The fourth-order valence-corrected chi connectivity index (χ4v) is 3.14. The van der Waals surface area contributed by atoms with Crippen molar-refractivity contribution in [2.24, 2.45) is 10.7 Å². The number of pyridine rings is 2. The summed E-state index contributed by atoms with van der Waals surface area (Å²) in [5, 5.41) is 0.272. The lowest BCUT2D eigenvalue weighted by Crippen LogP contribution is -2.51. The molecule has 11 heteroatoms. The van der Waals surface area contributed by atoms with E-state index in [0.29, 0.717) is 0 Å². The van der Waals surface area contributed by atoms with Crippen molar-refractivity contribution in [1.82, 2.24) is 9.97 Å². The number of ketones is 1. The fraction of sp³-hybridized carbons (Fsp3) is 0.294. The van der Waals surface area contributed by atoms with Gasteiger partial charge in [0.15, 0.2) is 17.9 Å². The number of nitrogens with zero attached hydrogens (tertiary/aromatic N) is 3. The van der Waals surface area contributed by atoms with Crippen molar-refractivity contribution in [3.05, 3.63) is 57.3 Å². The Morgan fingerprint density at radius 2 is 2.07 bits per heavy atom. The third-order valence-corrected chi connectivity index (χ3v) is 4.72. The van der Waals surface area contributed by atoms with E-state index in [0.717, 1.165) is 13.0 Å². The Hall–Kier alpha value is -2.39. The predicted molar refractivity (Wildman–Crippen MR) is 96.4 cm³/mol. The monoisotopic (exact) mass is 432 g/mol. The van der Waals surface area contributed by atoms with E-state index in [1.54, 1.807) is 0 Å². The van der Waals surface area contributed by atoms with Crippen molar-refractivity contribution in [3.63, 3.8) is 0 Å². The number of halogens is 5. The molecule has 0 unspecified atom stereocenters. The van der Waals surface area contributed by atoms with Gasteiger partial charge in [-0.25, -0.2) is 14.4 Å². The quantitative estimate of drug-likeness (QED) is 0.746. The summed E-state index contributed by atoms with van der Waals surface area (Å²) in [5.74, 6) is -5.13. The maximum atomic E-state index is 14.4. The van der Waals surface area contributed by atoms with Crippen LogP contribution in [-0.4, -0.2) is 34.3 Å². The van der Waals surface area contributed by atoms with Crippen LogP contribution in [-0.2, 0) is 16.7 Å². The summed E-state index contributed by atoms with van der Waals surface area (Å²) >= 11 is 11.7. The predicted octanol–water partition coefficient (Wildman–Crippen LogP) is 3.54. The van der Waals surface area contributed by atoms with Gasteiger partial charge in [-0.3, -0.25) is 9.78 Å². The van der Waals surface area contributed by atoms with Crippen molar-refractivity contribution in [2.75, 3.05) is 6.61 Å². The van der Waals surface area contributed by atoms with Crippen molar-refractivity contribution < 1.29 is 22.7 Å². The molecule has 3 rings (SSSR count). The summed E-state index contributed by atoms with van der Waals surface area (Å²) in [6, 6.07) is 2.97. The van der Waals surface area contributed by atoms with Crippen LogP contribution in [0.4, 0.5) is 13.2 Å². The lowest BCUT2D eigenvalue weighted by Gasteiger charge is -2.36. The van der Waals surface area contributed by atoms with Crippen LogP contribution in [0, 0.1) is 5.82 Å². The number of amidine groups is 1. The van der Waals surface area contributed by atoms with Gasteiger partial charge in [0, 0.05) is 11.9 Å². The molecular weight excluding hydrogens is 420 g/mol. The van der Waals surface area contributed by atoms with E-state index in [-0.39, 0.29) is 27.9 Å². The number of Topliss-reactive ketones (excluding diaryl/α,β-unsaturated/α-hetero) is 1. The summed E-state index contributed by atoms with van der Waals surface area (Å²) in [6.45, 7) is -0.0789. The maximum absolute atomic E-state index is 14.4. The third-order valence-electron chi connectivity index (χ3n) is 4.23. The molecule has 3 heterocycles. The van der Waals surface area contributed by atoms with Gasteiger partial charge in [0.25, 0.3) is 6.02 Å². The zero-order valence-corrected chi connectivity index (χ0v) is 15.9. The third kappa shape index (κ3) is 3.64. The molecule has 2 aromatic heterocycles. The highest BCUT2D eigenvalue weighted by Crippen LogP contribution is 2.43. The van der Waals surface area contributed by atoms with Gasteiger partial charge in [-0.05, 0) is 25.1 Å². The highest BCUT2D eigenvalue weighted by atomic mass is 35.5. The van der Waals surface area contributed by atoms with E-state index in [9.17, 15) is 18.0 Å². The summed E-state index contributed by atoms with van der Waals surface area (Å²) in [7, 11) is 0. The second-order valence-corrected chi connectivity index (χ2v) is 7.08. The Balaban J connectivity index is 1.98. The minimum atomic E-state index is -3.58. The number of carbonyl (C=O) groups is 1. The summed E-state index contributed by atoms with van der Waals surface area (Å²) in [6.07, 6.45) is 0.893. The molecule has 0 bridgehead atoms. The number of hydrogen-bond donors (Lipinski definition) is 1. The lowest BCUT2D eigenvalue weighted by molar-refractivity contribution is -0.118. The first-order chi connectivity index (χ1) is 13.0. The fourth-order valence-electron chi connectivity index (χ4n) is 2.66. The molecule has 0 saturated heterocycles. The number of rotatable bonds is 4. The van der Waals surface area contributed by atoms with Crippen LogP contribution >= 0.6 is 23.2 Å². The Bertz CT molecular complexity index is 987. The molecule has 0 aromatic carbocycles. The molecule has 0 fully saturated rings. The lowest BCUT2D eigenvalue weighted by atomic mass is 9.88. The van der Waals surface area contributed by atoms with E-state index in [4.69, 9.17) is 28.9 Å². The van der Waals surface area contributed by atoms with E-state index in [2.05, 4.69) is 19.7 Å². The topological polar surface area (TPSA) is 90.5 Å². The molecule has 2 aromatic rings. The van der Waals surface area contributed by atoms with Gasteiger partial charge in [-0.2, -0.15) is 8.78 Å². The van der Waals surface area contributed by atoms with Crippen LogP contribution in [0.5, 0.6) is 0 Å². The number of nitrogens with two attached hydrogens (primary N) is 1. The number of alkyl halides is 2. The average Bonchev–Trinajstić information content (AvgIpc) is 2.60. The number of aliphatic imine (C=N–C) groups is 1. The SMILES string of the molecule is C[C@]1(c2nc(CC(=O)c3ncc(Cl)cc3Cl)ccc2F)N=C(N)OCC1(F)F. The van der Waals surface area contributed by atoms with Crippen LogP contribution in [0.15, 0.2) is 29.4 Å². The standard InChI is InChI=1S/C17H13Cl2F3N4O2/c1-16(17(21,22)7-28-15(23)26-16)14-11(20)3-2-9(25-14)5-12(27)13-10(19)4-8(18)6-24-13/h2-4,6H,5,7H2,1H3,(H2,23,26)/t16-/m1/s1. The molecule has 1 aliphatic heterocycles. The van der Waals surface area contributed by atoms with Gasteiger partial charge in [0.1, 0.15) is 17.2 Å². The Kier molecular flexibility index (Phi) is 5.24. The van der Waals surface area contributed by atoms with Gasteiger partial charge in [0.05, 0.1) is 16.5 Å². The zero-order valence-electron chi connectivity index (χ0n) is 14.3. The average molecular weight is 433 g/mol.